The van der Waals surface area contributed by atoms with Crippen molar-refractivity contribution < 1.29 is 9.59 Å². The minimum Gasteiger partial charge on any atom is -0.356 e. The molecule has 1 aromatic rings. The van der Waals surface area contributed by atoms with Gasteiger partial charge in [-0.05, 0) is 44.9 Å². The second-order valence-electron chi connectivity index (χ2n) is 7.97. The summed E-state index contributed by atoms with van der Waals surface area (Å²) in [5.74, 6) is 0.406. The summed E-state index contributed by atoms with van der Waals surface area (Å²) in [4.78, 5) is 33.1. The summed E-state index contributed by atoms with van der Waals surface area (Å²) in [6, 6.07) is 5.94. The van der Waals surface area contributed by atoms with Crippen LogP contribution in [0.3, 0.4) is 0 Å². The Bertz CT molecular complexity index is 636. The van der Waals surface area contributed by atoms with E-state index < -0.39 is 0 Å². The van der Waals surface area contributed by atoms with Gasteiger partial charge in [0, 0.05) is 69.3 Å². The summed E-state index contributed by atoms with van der Waals surface area (Å²) in [5.41, 5.74) is 1.23. The van der Waals surface area contributed by atoms with Gasteiger partial charge in [-0.2, -0.15) is 0 Å². The molecule has 0 radical (unpaired) electrons. The summed E-state index contributed by atoms with van der Waals surface area (Å²) >= 11 is 0. The molecule has 1 atom stereocenters. The smallest absolute Gasteiger partial charge is 0.222 e. The van der Waals surface area contributed by atoms with Crippen molar-refractivity contribution in [2.45, 2.75) is 45.4 Å². The van der Waals surface area contributed by atoms with Gasteiger partial charge in [-0.25, -0.2) is 0 Å². The first-order valence-electron chi connectivity index (χ1n) is 10.3. The Balaban J connectivity index is 1.54. The van der Waals surface area contributed by atoms with Crippen LogP contribution in [0.1, 0.15) is 44.7 Å². The number of piperidine rings is 2. The lowest BCUT2D eigenvalue weighted by Crippen LogP contribution is -2.54. The van der Waals surface area contributed by atoms with Crippen LogP contribution < -0.4 is 5.32 Å². The van der Waals surface area contributed by atoms with E-state index in [0.29, 0.717) is 19.4 Å². The van der Waals surface area contributed by atoms with E-state index in [0.717, 1.165) is 57.7 Å². The zero-order chi connectivity index (χ0) is 19.1. The quantitative estimate of drug-likeness (QED) is 0.793. The first kappa shape index (κ1) is 19.8. The van der Waals surface area contributed by atoms with E-state index in [-0.39, 0.29) is 17.2 Å². The summed E-state index contributed by atoms with van der Waals surface area (Å²) < 4.78 is 0. The van der Waals surface area contributed by atoms with Crippen LogP contribution in [0.25, 0.3) is 0 Å². The van der Waals surface area contributed by atoms with Crippen molar-refractivity contribution in [3.05, 3.63) is 30.1 Å². The van der Waals surface area contributed by atoms with Crippen molar-refractivity contribution in [1.82, 2.24) is 20.1 Å². The first-order valence-corrected chi connectivity index (χ1v) is 10.3. The Labute approximate surface area is 162 Å². The van der Waals surface area contributed by atoms with Crippen LogP contribution >= 0.6 is 0 Å². The number of nitrogens with one attached hydrogen (secondary N) is 1. The number of pyridine rings is 1. The van der Waals surface area contributed by atoms with Gasteiger partial charge in [-0.1, -0.05) is 6.07 Å². The predicted molar refractivity (Wildman–Crippen MR) is 105 cm³/mol. The SMILES string of the molecule is CCNC(=O)CCN1CCCC2(CCC(=O)N(CCc3ccccn3)C2)C1. The Morgan fingerprint density at radius 3 is 2.93 bits per heavy atom. The molecule has 3 heterocycles. The Morgan fingerprint density at radius 2 is 2.15 bits per heavy atom. The van der Waals surface area contributed by atoms with Gasteiger partial charge in [0.1, 0.15) is 0 Å². The first-order chi connectivity index (χ1) is 13.1. The van der Waals surface area contributed by atoms with Crippen molar-refractivity contribution in [2.24, 2.45) is 5.41 Å². The lowest BCUT2D eigenvalue weighted by atomic mass is 9.73. The molecular formula is C21H32N4O2. The van der Waals surface area contributed by atoms with E-state index in [1.54, 1.807) is 0 Å². The average Bonchev–Trinajstić information content (AvgIpc) is 2.69. The number of hydrogen-bond acceptors (Lipinski definition) is 4. The molecule has 6 nitrogen and oxygen atoms in total. The van der Waals surface area contributed by atoms with Gasteiger partial charge in [0.2, 0.25) is 11.8 Å². The molecule has 6 heteroatoms. The highest BCUT2D eigenvalue weighted by Gasteiger charge is 2.41. The average molecular weight is 373 g/mol. The largest absolute Gasteiger partial charge is 0.356 e. The molecule has 2 aliphatic rings. The van der Waals surface area contributed by atoms with Gasteiger partial charge in [0.15, 0.2) is 0 Å². The molecule has 2 amide bonds. The van der Waals surface area contributed by atoms with Crippen LogP contribution in [-0.4, -0.2) is 65.9 Å². The minimum atomic E-state index is 0.132. The molecule has 0 bridgehead atoms. The molecule has 1 unspecified atom stereocenters. The van der Waals surface area contributed by atoms with Gasteiger partial charge in [-0.15, -0.1) is 0 Å². The van der Waals surface area contributed by atoms with E-state index in [1.807, 2.05) is 36.2 Å². The maximum Gasteiger partial charge on any atom is 0.222 e. The van der Waals surface area contributed by atoms with Gasteiger partial charge in [0.05, 0.1) is 0 Å². The Kier molecular flexibility index (Phi) is 6.83. The number of likely N-dealkylation sites (tertiary alicyclic amines) is 2. The highest BCUT2D eigenvalue weighted by atomic mass is 16.2. The molecule has 2 aliphatic heterocycles. The highest BCUT2D eigenvalue weighted by Crippen LogP contribution is 2.38. The molecule has 0 aliphatic carbocycles. The molecule has 1 aromatic heterocycles. The van der Waals surface area contributed by atoms with Gasteiger partial charge in [-0.3, -0.25) is 14.6 Å². The zero-order valence-electron chi connectivity index (χ0n) is 16.5. The van der Waals surface area contributed by atoms with Crippen LogP contribution in [-0.2, 0) is 16.0 Å². The maximum atomic E-state index is 12.4. The summed E-state index contributed by atoms with van der Waals surface area (Å²) in [6.07, 6.45) is 7.13. The predicted octanol–water partition coefficient (Wildman–Crippen LogP) is 1.85. The normalized spacial score (nSPS) is 23.6. The number of amides is 2. The van der Waals surface area contributed by atoms with E-state index in [9.17, 15) is 9.59 Å². The Hall–Kier alpha value is -1.95. The van der Waals surface area contributed by atoms with Crippen LogP contribution in [0, 0.1) is 5.41 Å². The third-order valence-electron chi connectivity index (χ3n) is 5.88. The van der Waals surface area contributed by atoms with Gasteiger partial charge >= 0.3 is 0 Å². The fraction of sp³-hybridized carbons (Fsp3) is 0.667. The molecule has 1 N–H and O–H groups in total. The Morgan fingerprint density at radius 1 is 1.26 bits per heavy atom. The second-order valence-corrected chi connectivity index (χ2v) is 7.97. The van der Waals surface area contributed by atoms with Crippen molar-refractivity contribution >= 4 is 11.8 Å². The van der Waals surface area contributed by atoms with Gasteiger partial charge in [0.25, 0.3) is 0 Å². The monoisotopic (exact) mass is 372 g/mol. The number of carbonyl (C=O) groups excluding carboxylic acids is 2. The highest BCUT2D eigenvalue weighted by molar-refractivity contribution is 5.77. The maximum absolute atomic E-state index is 12.4. The van der Waals surface area contributed by atoms with Crippen LogP contribution in [0.4, 0.5) is 0 Å². The molecule has 2 fully saturated rings. The van der Waals surface area contributed by atoms with Crippen LogP contribution in [0.2, 0.25) is 0 Å². The fourth-order valence-electron chi connectivity index (χ4n) is 4.48. The molecular weight excluding hydrogens is 340 g/mol. The van der Waals surface area contributed by atoms with E-state index >= 15 is 0 Å². The molecule has 2 saturated heterocycles. The van der Waals surface area contributed by atoms with E-state index in [1.165, 1.54) is 6.42 Å². The van der Waals surface area contributed by atoms with Crippen molar-refractivity contribution in [3.8, 4) is 0 Å². The molecule has 27 heavy (non-hydrogen) atoms. The van der Waals surface area contributed by atoms with E-state index in [2.05, 4.69) is 15.2 Å². The molecule has 1 spiro atoms. The summed E-state index contributed by atoms with van der Waals surface area (Å²) in [6.45, 7) is 7.10. The van der Waals surface area contributed by atoms with Crippen molar-refractivity contribution in [1.29, 1.82) is 0 Å². The second kappa shape index (κ2) is 9.31. The number of aromatic nitrogens is 1. The topological polar surface area (TPSA) is 65.5 Å². The lowest BCUT2D eigenvalue weighted by molar-refractivity contribution is -0.139. The number of hydrogen-bond donors (Lipinski definition) is 1. The zero-order valence-corrected chi connectivity index (χ0v) is 16.5. The molecule has 3 rings (SSSR count). The van der Waals surface area contributed by atoms with E-state index in [4.69, 9.17) is 0 Å². The molecule has 0 aromatic carbocycles. The molecule has 0 saturated carbocycles. The van der Waals surface area contributed by atoms with Crippen LogP contribution in [0.5, 0.6) is 0 Å². The molecule has 148 valence electrons. The summed E-state index contributed by atoms with van der Waals surface area (Å²) in [7, 11) is 0. The standard InChI is InChI=1S/C21H32N4O2/c1-2-22-19(26)9-14-24-13-5-10-21(16-24)11-7-20(27)25(17-21)15-8-18-6-3-4-12-23-18/h3-4,6,12H,2,5,7-11,13-17H2,1H3,(H,22,26). The third-order valence-corrected chi connectivity index (χ3v) is 5.88. The van der Waals surface area contributed by atoms with Gasteiger partial charge < -0.3 is 15.1 Å². The lowest BCUT2D eigenvalue weighted by Gasteiger charge is -2.48. The van der Waals surface area contributed by atoms with Crippen LogP contribution in [0.15, 0.2) is 24.4 Å². The van der Waals surface area contributed by atoms with Crippen molar-refractivity contribution in [2.75, 3.05) is 39.3 Å². The minimum absolute atomic E-state index is 0.132. The summed E-state index contributed by atoms with van der Waals surface area (Å²) in [5, 5.41) is 2.88. The fourth-order valence-corrected chi connectivity index (χ4v) is 4.48. The third kappa shape index (κ3) is 5.51. The number of carbonyl (C=O) groups is 2. The number of nitrogens with zero attached hydrogens (tertiary/aromatic N) is 3. The van der Waals surface area contributed by atoms with Crippen molar-refractivity contribution in [3.63, 3.8) is 0 Å². The number of rotatable bonds is 7.